The van der Waals surface area contributed by atoms with Gasteiger partial charge in [-0.25, -0.2) is 26.6 Å². The number of sulfonamides is 1. The third-order valence-electron chi connectivity index (χ3n) is 11.3. The molecule has 4 heterocycles. The van der Waals surface area contributed by atoms with Crippen molar-refractivity contribution in [2.24, 2.45) is 0 Å². The van der Waals surface area contributed by atoms with Gasteiger partial charge < -0.3 is 9.47 Å². The lowest BCUT2D eigenvalue weighted by Gasteiger charge is -2.47. The Morgan fingerprint density at radius 2 is 1.62 bits per heavy atom. The monoisotopic (exact) mass is 747 g/mol. The molecule has 52 heavy (non-hydrogen) atoms. The number of carbonyl (C=O) groups excluding carboxylic acids is 1. The lowest BCUT2D eigenvalue weighted by Crippen LogP contribution is -2.67. The standard InChI is InChI=1S/C37H39F6N5O3S/c1-24-44-31-12-5-6-13-32(31)48(24)29-21-27-14-15-28(22-29)46(27)18-16-35(25-8-7-9-26(38)20-25)17-19-47(33(39)23-35)34(49)36(40,37(41,42)43)45-52(50,51)30-10-3-2-4-11-30/h2-13,20,27-29,33,45H,14-19,21-23H2,1H3/t27-,28+,29?,33?,35?,36?. The van der Waals surface area contributed by atoms with Crippen LogP contribution in [0.25, 0.3) is 11.0 Å². The number of aromatic nitrogens is 2. The van der Waals surface area contributed by atoms with Crippen molar-refractivity contribution in [3.63, 3.8) is 0 Å². The van der Waals surface area contributed by atoms with E-state index in [1.54, 1.807) is 6.07 Å². The molecule has 2 bridgehead atoms. The van der Waals surface area contributed by atoms with Crippen molar-refractivity contribution in [3.05, 3.63) is 96.1 Å². The number of carbonyl (C=O) groups is 1. The maximum Gasteiger partial charge on any atom is 0.447 e. The van der Waals surface area contributed by atoms with Crippen molar-refractivity contribution in [2.45, 2.75) is 98.6 Å². The molecule has 7 rings (SSSR count). The van der Waals surface area contributed by atoms with E-state index in [-0.39, 0.29) is 29.4 Å². The lowest BCUT2D eigenvalue weighted by molar-refractivity contribution is -0.239. The van der Waals surface area contributed by atoms with E-state index >= 15 is 8.78 Å². The zero-order valence-corrected chi connectivity index (χ0v) is 29.2. The van der Waals surface area contributed by atoms with Crippen LogP contribution in [0.1, 0.15) is 62.4 Å². The number of aryl methyl sites for hydroxylation is 1. The smallest absolute Gasteiger partial charge is 0.325 e. The molecule has 15 heteroatoms. The fraction of sp³-hybridized carbons (Fsp3) is 0.459. The summed E-state index contributed by atoms with van der Waals surface area (Å²) in [5.74, 6) is -7.19. The maximum absolute atomic E-state index is 16.2. The number of imidazole rings is 1. The van der Waals surface area contributed by atoms with Crippen LogP contribution in [0, 0.1) is 12.7 Å². The van der Waals surface area contributed by atoms with Crippen molar-refractivity contribution >= 4 is 27.0 Å². The zero-order chi connectivity index (χ0) is 37.1. The zero-order valence-electron chi connectivity index (χ0n) is 28.4. The van der Waals surface area contributed by atoms with Crippen molar-refractivity contribution in [1.29, 1.82) is 0 Å². The number of likely N-dealkylation sites (tertiary alicyclic amines) is 1. The number of fused-ring (bicyclic) bond motifs is 3. The van der Waals surface area contributed by atoms with Crippen LogP contribution in [0.15, 0.2) is 83.8 Å². The summed E-state index contributed by atoms with van der Waals surface area (Å²) in [5.41, 5.74) is 1.34. The van der Waals surface area contributed by atoms with Gasteiger partial charge in [0, 0.05) is 36.5 Å². The van der Waals surface area contributed by atoms with E-state index in [0.29, 0.717) is 18.5 Å². The van der Waals surface area contributed by atoms with E-state index < -0.39 is 63.3 Å². The number of piperidine rings is 2. The van der Waals surface area contributed by atoms with Crippen LogP contribution in [0.4, 0.5) is 26.3 Å². The number of hydrogen-bond donors (Lipinski definition) is 1. The molecule has 1 amide bonds. The van der Waals surface area contributed by atoms with Crippen LogP contribution in [0.3, 0.4) is 0 Å². The van der Waals surface area contributed by atoms with Gasteiger partial charge in [-0.2, -0.15) is 17.9 Å². The highest BCUT2D eigenvalue weighted by molar-refractivity contribution is 7.89. The van der Waals surface area contributed by atoms with Crippen LogP contribution >= 0.6 is 0 Å². The summed E-state index contributed by atoms with van der Waals surface area (Å²) in [4.78, 5) is 19.8. The predicted octanol–water partition coefficient (Wildman–Crippen LogP) is 7.10. The Hall–Kier alpha value is -3.95. The summed E-state index contributed by atoms with van der Waals surface area (Å²) >= 11 is 0. The van der Waals surface area contributed by atoms with Gasteiger partial charge in [0.15, 0.2) is 6.30 Å². The Morgan fingerprint density at radius 3 is 2.27 bits per heavy atom. The number of amides is 1. The molecule has 3 aliphatic heterocycles. The normalized spacial score (nSPS) is 26.8. The Balaban J connectivity index is 1.11. The number of nitrogens with zero attached hydrogens (tertiary/aromatic N) is 4. The molecule has 1 N–H and O–H groups in total. The molecule has 1 aromatic heterocycles. The average molecular weight is 748 g/mol. The molecule has 0 aliphatic carbocycles. The Bertz CT molecular complexity index is 2050. The highest BCUT2D eigenvalue weighted by atomic mass is 32.2. The van der Waals surface area contributed by atoms with Gasteiger partial charge in [0.1, 0.15) is 11.6 Å². The van der Waals surface area contributed by atoms with Gasteiger partial charge in [0.25, 0.3) is 5.91 Å². The molecule has 3 aromatic carbocycles. The second kappa shape index (κ2) is 13.5. The Labute approximate surface area is 297 Å². The third kappa shape index (κ3) is 6.48. The van der Waals surface area contributed by atoms with Crippen LogP contribution in [-0.4, -0.2) is 77.1 Å². The van der Waals surface area contributed by atoms with Crippen LogP contribution < -0.4 is 4.72 Å². The summed E-state index contributed by atoms with van der Waals surface area (Å²) in [5, 5.41) is 0. The molecule has 3 fully saturated rings. The molecule has 6 atom stereocenters. The fourth-order valence-electron chi connectivity index (χ4n) is 8.74. The SMILES string of the molecule is Cc1nc2ccccc2n1C1C[C@H]2CC[C@@H](C1)N2CCC1(c2cccc(F)c2)CCN(C(=O)C(F)(NS(=O)(=O)c2ccccc2)C(F)(F)F)C(F)C1. The number of nitrogens with one attached hydrogen (secondary N) is 1. The van der Waals surface area contributed by atoms with Crippen molar-refractivity contribution < 1.29 is 39.6 Å². The molecule has 8 nitrogen and oxygen atoms in total. The molecular formula is C37H39F6N5O3S. The minimum absolute atomic E-state index is 0.103. The molecule has 3 saturated heterocycles. The largest absolute Gasteiger partial charge is 0.447 e. The van der Waals surface area contributed by atoms with Crippen LogP contribution in [0.5, 0.6) is 0 Å². The molecule has 0 radical (unpaired) electrons. The van der Waals surface area contributed by atoms with E-state index in [2.05, 4.69) is 15.5 Å². The fourth-order valence-corrected chi connectivity index (χ4v) is 9.95. The van der Waals surface area contributed by atoms with Crippen LogP contribution in [-0.2, 0) is 20.2 Å². The van der Waals surface area contributed by atoms with Crippen LogP contribution in [0.2, 0.25) is 0 Å². The maximum atomic E-state index is 16.2. The number of hydrogen-bond acceptors (Lipinski definition) is 5. The van der Waals surface area contributed by atoms with Gasteiger partial charge >= 0.3 is 12.0 Å². The summed E-state index contributed by atoms with van der Waals surface area (Å²) in [7, 11) is -5.20. The first kappa shape index (κ1) is 36.4. The lowest BCUT2D eigenvalue weighted by atomic mass is 9.69. The van der Waals surface area contributed by atoms with Gasteiger partial charge in [0.2, 0.25) is 10.0 Å². The van der Waals surface area contributed by atoms with Gasteiger partial charge in [0.05, 0.1) is 15.9 Å². The number of alkyl halides is 5. The van der Waals surface area contributed by atoms with Crippen molar-refractivity contribution in [3.8, 4) is 0 Å². The minimum atomic E-state index is -6.06. The van der Waals surface area contributed by atoms with E-state index in [0.717, 1.165) is 59.4 Å². The van der Waals surface area contributed by atoms with Crippen molar-refractivity contribution in [1.82, 2.24) is 24.1 Å². The van der Waals surface area contributed by atoms with Crippen molar-refractivity contribution in [2.75, 3.05) is 13.1 Å². The number of halogens is 6. The predicted molar refractivity (Wildman–Crippen MR) is 181 cm³/mol. The van der Waals surface area contributed by atoms with E-state index in [1.165, 1.54) is 36.4 Å². The number of para-hydroxylation sites is 2. The number of rotatable bonds is 9. The molecule has 4 aromatic rings. The molecule has 0 saturated carbocycles. The molecule has 4 unspecified atom stereocenters. The third-order valence-corrected chi connectivity index (χ3v) is 12.7. The van der Waals surface area contributed by atoms with Gasteiger partial charge in [-0.05, 0) is 94.0 Å². The first-order valence-corrected chi connectivity index (χ1v) is 18.9. The summed E-state index contributed by atoms with van der Waals surface area (Å²) in [6.07, 6.45) is -5.16. The topological polar surface area (TPSA) is 87.5 Å². The Kier molecular flexibility index (Phi) is 9.43. The molecule has 0 spiro atoms. The molecule has 278 valence electrons. The summed E-state index contributed by atoms with van der Waals surface area (Å²) in [6.45, 7) is 1.84. The second-order valence-electron chi connectivity index (χ2n) is 14.3. The first-order valence-electron chi connectivity index (χ1n) is 17.4. The average Bonchev–Trinajstić information content (AvgIpc) is 3.56. The van der Waals surface area contributed by atoms with Gasteiger partial charge in [-0.15, -0.1) is 0 Å². The number of benzene rings is 3. The summed E-state index contributed by atoms with van der Waals surface area (Å²) in [6, 6.07) is 20.0. The molecular weight excluding hydrogens is 708 g/mol. The molecule has 3 aliphatic rings. The highest BCUT2D eigenvalue weighted by Gasteiger charge is 2.66. The van der Waals surface area contributed by atoms with Gasteiger partial charge in [-0.1, -0.05) is 42.5 Å². The minimum Gasteiger partial charge on any atom is -0.325 e. The Morgan fingerprint density at radius 1 is 0.942 bits per heavy atom. The van der Waals surface area contributed by atoms with E-state index in [4.69, 9.17) is 4.98 Å². The van der Waals surface area contributed by atoms with E-state index in [9.17, 15) is 30.8 Å². The van der Waals surface area contributed by atoms with E-state index in [1.807, 2.05) is 25.1 Å². The highest BCUT2D eigenvalue weighted by Crippen LogP contribution is 2.47. The van der Waals surface area contributed by atoms with Gasteiger partial charge in [-0.3, -0.25) is 9.69 Å². The summed E-state index contributed by atoms with van der Waals surface area (Å²) < 4.78 is 118. The quantitative estimate of drug-likeness (QED) is 0.146. The second-order valence-corrected chi connectivity index (χ2v) is 16.0. The first-order chi connectivity index (χ1) is 24.6.